The molecule has 0 aromatic heterocycles. The monoisotopic (exact) mass is 230 g/mol. The van der Waals surface area contributed by atoms with E-state index in [2.05, 4.69) is 5.32 Å². The van der Waals surface area contributed by atoms with E-state index in [1.165, 1.54) is 0 Å². The zero-order valence-electron chi connectivity index (χ0n) is 10.0. The molecule has 0 aromatic rings. The number of hydrogen-bond acceptors (Lipinski definition) is 3. The molecule has 0 aliphatic rings. The van der Waals surface area contributed by atoms with Crippen LogP contribution in [0.15, 0.2) is 0 Å². The topological polar surface area (TPSA) is 92.4 Å². The number of carboxylic acids is 1. The predicted octanol–water partition coefficient (Wildman–Crippen LogP) is 0.731. The van der Waals surface area contributed by atoms with Crippen molar-refractivity contribution in [1.82, 2.24) is 5.32 Å². The standard InChI is InChI=1S/C11H22N2O3/c1-8(2)7-9(12)11(16)13-6-4-3-5-10(14)15/h8-9H,3-7,12H2,1-2H3,(H,13,16)(H,14,15). The molecule has 1 unspecified atom stereocenters. The van der Waals surface area contributed by atoms with E-state index in [9.17, 15) is 9.59 Å². The molecule has 1 atom stereocenters. The molecule has 0 fully saturated rings. The first-order valence-electron chi connectivity index (χ1n) is 5.68. The van der Waals surface area contributed by atoms with Crippen molar-refractivity contribution in [1.29, 1.82) is 0 Å². The van der Waals surface area contributed by atoms with E-state index in [0.29, 0.717) is 31.7 Å². The van der Waals surface area contributed by atoms with Crippen LogP contribution in [0.3, 0.4) is 0 Å². The molecule has 5 nitrogen and oxygen atoms in total. The van der Waals surface area contributed by atoms with Gasteiger partial charge in [-0.3, -0.25) is 9.59 Å². The third-order valence-electron chi connectivity index (χ3n) is 2.18. The summed E-state index contributed by atoms with van der Waals surface area (Å²) in [5.41, 5.74) is 5.67. The summed E-state index contributed by atoms with van der Waals surface area (Å²) in [6.07, 6.45) is 2.07. The van der Waals surface area contributed by atoms with Crippen molar-refractivity contribution < 1.29 is 14.7 Å². The summed E-state index contributed by atoms with van der Waals surface area (Å²) >= 11 is 0. The van der Waals surface area contributed by atoms with Gasteiger partial charge in [-0.25, -0.2) is 0 Å². The number of nitrogens with two attached hydrogens (primary N) is 1. The first kappa shape index (κ1) is 14.9. The minimum atomic E-state index is -0.803. The second kappa shape index (κ2) is 8.10. The fourth-order valence-corrected chi connectivity index (χ4v) is 1.36. The average Bonchev–Trinajstić information content (AvgIpc) is 2.15. The molecule has 5 heteroatoms. The molecule has 0 aliphatic heterocycles. The van der Waals surface area contributed by atoms with E-state index in [1.54, 1.807) is 0 Å². The number of amides is 1. The van der Waals surface area contributed by atoms with E-state index in [0.717, 1.165) is 0 Å². The van der Waals surface area contributed by atoms with Gasteiger partial charge in [0.2, 0.25) is 5.91 Å². The number of unbranched alkanes of at least 4 members (excludes halogenated alkanes) is 1. The maximum atomic E-state index is 11.4. The third-order valence-corrected chi connectivity index (χ3v) is 2.18. The molecule has 1 amide bonds. The van der Waals surface area contributed by atoms with Crippen LogP contribution in [0.25, 0.3) is 0 Å². The smallest absolute Gasteiger partial charge is 0.303 e. The van der Waals surface area contributed by atoms with Gasteiger partial charge in [-0.2, -0.15) is 0 Å². The Morgan fingerprint density at radius 2 is 1.94 bits per heavy atom. The van der Waals surface area contributed by atoms with Crippen LogP contribution < -0.4 is 11.1 Å². The number of carboxylic acid groups (broad SMARTS) is 1. The van der Waals surface area contributed by atoms with Gasteiger partial charge in [0, 0.05) is 13.0 Å². The van der Waals surface area contributed by atoms with Crippen molar-refractivity contribution in [2.45, 2.75) is 45.6 Å². The van der Waals surface area contributed by atoms with Gasteiger partial charge >= 0.3 is 5.97 Å². The molecule has 0 rings (SSSR count). The van der Waals surface area contributed by atoms with Crippen molar-refractivity contribution in [2.24, 2.45) is 11.7 Å². The van der Waals surface area contributed by atoms with Crippen molar-refractivity contribution in [3.8, 4) is 0 Å². The zero-order valence-corrected chi connectivity index (χ0v) is 10.0. The first-order chi connectivity index (χ1) is 7.43. The number of rotatable bonds is 8. The molecule has 0 saturated heterocycles. The van der Waals surface area contributed by atoms with Gasteiger partial charge < -0.3 is 16.2 Å². The van der Waals surface area contributed by atoms with Crippen molar-refractivity contribution in [3.63, 3.8) is 0 Å². The summed E-state index contributed by atoms with van der Waals surface area (Å²) in [5.74, 6) is -0.556. The fraction of sp³-hybridized carbons (Fsp3) is 0.818. The Kier molecular flexibility index (Phi) is 7.54. The highest BCUT2D eigenvalue weighted by molar-refractivity contribution is 5.81. The van der Waals surface area contributed by atoms with Crippen LogP contribution in [-0.2, 0) is 9.59 Å². The van der Waals surface area contributed by atoms with E-state index < -0.39 is 12.0 Å². The highest BCUT2D eigenvalue weighted by atomic mass is 16.4. The molecule has 0 radical (unpaired) electrons. The Morgan fingerprint density at radius 1 is 1.31 bits per heavy atom. The van der Waals surface area contributed by atoms with Gasteiger partial charge in [0.15, 0.2) is 0 Å². The normalized spacial score (nSPS) is 12.5. The summed E-state index contributed by atoms with van der Waals surface area (Å²) in [7, 11) is 0. The lowest BCUT2D eigenvalue weighted by molar-refractivity contribution is -0.137. The van der Waals surface area contributed by atoms with Crippen LogP contribution in [0.1, 0.15) is 39.5 Å². The minimum Gasteiger partial charge on any atom is -0.481 e. The van der Waals surface area contributed by atoms with Gasteiger partial charge in [0.1, 0.15) is 0 Å². The van der Waals surface area contributed by atoms with E-state index >= 15 is 0 Å². The molecule has 0 aromatic carbocycles. The molecule has 0 heterocycles. The summed E-state index contributed by atoms with van der Waals surface area (Å²) < 4.78 is 0. The summed E-state index contributed by atoms with van der Waals surface area (Å²) in [6, 6.07) is -0.459. The number of aliphatic carboxylic acids is 1. The largest absolute Gasteiger partial charge is 0.481 e. The molecule has 4 N–H and O–H groups in total. The maximum Gasteiger partial charge on any atom is 0.303 e. The molecular weight excluding hydrogens is 208 g/mol. The number of carbonyl (C=O) groups is 2. The van der Waals surface area contributed by atoms with Crippen LogP contribution in [-0.4, -0.2) is 29.6 Å². The van der Waals surface area contributed by atoms with Gasteiger partial charge in [0.05, 0.1) is 6.04 Å². The fourth-order valence-electron chi connectivity index (χ4n) is 1.36. The van der Waals surface area contributed by atoms with Crippen molar-refractivity contribution in [2.75, 3.05) is 6.54 Å². The molecule has 0 bridgehead atoms. The first-order valence-corrected chi connectivity index (χ1v) is 5.68. The lowest BCUT2D eigenvalue weighted by Gasteiger charge is -2.13. The second-order valence-electron chi connectivity index (χ2n) is 4.38. The number of hydrogen-bond donors (Lipinski definition) is 3. The third kappa shape index (κ3) is 8.23. The molecule has 16 heavy (non-hydrogen) atoms. The van der Waals surface area contributed by atoms with Crippen LogP contribution in [0.5, 0.6) is 0 Å². The summed E-state index contributed by atoms with van der Waals surface area (Å²) in [4.78, 5) is 21.6. The van der Waals surface area contributed by atoms with Crippen molar-refractivity contribution in [3.05, 3.63) is 0 Å². The minimum absolute atomic E-state index is 0.147. The zero-order chi connectivity index (χ0) is 12.6. The summed E-state index contributed by atoms with van der Waals surface area (Å²) in [6.45, 7) is 4.53. The van der Waals surface area contributed by atoms with E-state index in [4.69, 9.17) is 10.8 Å². The highest BCUT2D eigenvalue weighted by Crippen LogP contribution is 2.02. The molecule has 0 spiro atoms. The van der Waals surface area contributed by atoms with Gasteiger partial charge in [-0.1, -0.05) is 13.8 Å². The van der Waals surface area contributed by atoms with Gasteiger partial charge in [-0.15, -0.1) is 0 Å². The predicted molar refractivity (Wildman–Crippen MR) is 61.9 cm³/mol. The lowest BCUT2D eigenvalue weighted by atomic mass is 10.0. The maximum absolute atomic E-state index is 11.4. The Labute approximate surface area is 96.4 Å². The Balaban J connectivity index is 3.53. The average molecular weight is 230 g/mol. The van der Waals surface area contributed by atoms with E-state index in [1.807, 2.05) is 13.8 Å². The van der Waals surface area contributed by atoms with Crippen LogP contribution in [0.2, 0.25) is 0 Å². The van der Waals surface area contributed by atoms with Gasteiger partial charge in [0.25, 0.3) is 0 Å². The van der Waals surface area contributed by atoms with Crippen LogP contribution in [0.4, 0.5) is 0 Å². The Morgan fingerprint density at radius 3 is 2.44 bits per heavy atom. The van der Waals surface area contributed by atoms with Gasteiger partial charge in [-0.05, 0) is 25.2 Å². The number of nitrogens with one attached hydrogen (secondary N) is 1. The van der Waals surface area contributed by atoms with Crippen LogP contribution in [0, 0.1) is 5.92 Å². The highest BCUT2D eigenvalue weighted by Gasteiger charge is 2.13. The second-order valence-corrected chi connectivity index (χ2v) is 4.38. The number of carbonyl (C=O) groups excluding carboxylic acids is 1. The molecule has 0 aliphatic carbocycles. The lowest BCUT2D eigenvalue weighted by Crippen LogP contribution is -2.41. The quantitative estimate of drug-likeness (QED) is 0.536. The Bertz CT molecular complexity index is 229. The Hall–Kier alpha value is -1.10. The molecule has 0 saturated carbocycles. The molecular formula is C11H22N2O3. The SMILES string of the molecule is CC(C)CC(N)C(=O)NCCCCC(=O)O. The van der Waals surface area contributed by atoms with E-state index in [-0.39, 0.29) is 12.3 Å². The van der Waals surface area contributed by atoms with Crippen LogP contribution >= 0.6 is 0 Å². The van der Waals surface area contributed by atoms with Crippen molar-refractivity contribution >= 4 is 11.9 Å². The summed E-state index contributed by atoms with van der Waals surface area (Å²) in [5, 5.41) is 11.1. The molecule has 94 valence electrons.